The quantitative estimate of drug-likeness (QED) is 0.788. The van der Waals surface area contributed by atoms with Crippen molar-refractivity contribution in [1.29, 1.82) is 0 Å². The van der Waals surface area contributed by atoms with Crippen molar-refractivity contribution in [2.75, 3.05) is 6.61 Å². The van der Waals surface area contributed by atoms with Gasteiger partial charge in [0.1, 0.15) is 11.9 Å². The Hall–Kier alpha value is -0.870. The summed E-state index contributed by atoms with van der Waals surface area (Å²) in [6, 6.07) is 0. The number of aliphatic hydroxyl groups is 1. The Morgan fingerprint density at radius 3 is 3.29 bits per heavy atom. The van der Waals surface area contributed by atoms with Gasteiger partial charge in [0.2, 0.25) is 0 Å². The SMILES string of the molecule is CCn1ccnc1C(O)C1CCCO1. The predicted octanol–water partition coefficient (Wildman–Crippen LogP) is 1.12. The van der Waals surface area contributed by atoms with Crippen molar-refractivity contribution in [3.8, 4) is 0 Å². The number of hydrogen-bond acceptors (Lipinski definition) is 3. The molecule has 0 bridgehead atoms. The molecule has 0 spiro atoms. The molecule has 1 N–H and O–H groups in total. The second-order valence-corrected chi connectivity index (χ2v) is 3.57. The van der Waals surface area contributed by atoms with Crippen molar-refractivity contribution in [3.63, 3.8) is 0 Å². The van der Waals surface area contributed by atoms with Crippen LogP contribution in [0.2, 0.25) is 0 Å². The van der Waals surface area contributed by atoms with Crippen LogP contribution in [0.5, 0.6) is 0 Å². The van der Waals surface area contributed by atoms with E-state index in [1.807, 2.05) is 17.7 Å². The van der Waals surface area contributed by atoms with E-state index >= 15 is 0 Å². The molecule has 1 aliphatic rings. The first-order chi connectivity index (χ1) is 6.83. The Kier molecular flexibility index (Phi) is 2.84. The summed E-state index contributed by atoms with van der Waals surface area (Å²) in [5.41, 5.74) is 0. The summed E-state index contributed by atoms with van der Waals surface area (Å²) in [5.74, 6) is 0.722. The number of aryl methyl sites for hydroxylation is 1. The van der Waals surface area contributed by atoms with Gasteiger partial charge in [-0.3, -0.25) is 0 Å². The highest BCUT2D eigenvalue weighted by Crippen LogP contribution is 2.25. The third-order valence-corrected chi connectivity index (χ3v) is 2.67. The van der Waals surface area contributed by atoms with E-state index in [1.54, 1.807) is 6.20 Å². The number of aromatic nitrogens is 2. The molecule has 0 amide bonds. The van der Waals surface area contributed by atoms with Crippen LogP contribution in [-0.4, -0.2) is 27.4 Å². The molecule has 2 atom stereocenters. The largest absolute Gasteiger partial charge is 0.382 e. The molecular formula is C10H16N2O2. The molecule has 1 saturated heterocycles. The van der Waals surface area contributed by atoms with Gasteiger partial charge in [-0.25, -0.2) is 4.98 Å². The number of imidazole rings is 1. The Labute approximate surface area is 83.5 Å². The molecule has 2 unspecified atom stereocenters. The zero-order chi connectivity index (χ0) is 9.97. The molecular weight excluding hydrogens is 180 g/mol. The smallest absolute Gasteiger partial charge is 0.140 e. The molecule has 0 aromatic carbocycles. The monoisotopic (exact) mass is 196 g/mol. The van der Waals surface area contributed by atoms with Crippen molar-refractivity contribution >= 4 is 0 Å². The predicted molar refractivity (Wildman–Crippen MR) is 51.8 cm³/mol. The number of hydrogen-bond donors (Lipinski definition) is 1. The average molecular weight is 196 g/mol. The van der Waals surface area contributed by atoms with Crippen LogP contribution in [0.15, 0.2) is 12.4 Å². The second-order valence-electron chi connectivity index (χ2n) is 3.57. The van der Waals surface area contributed by atoms with E-state index in [0.717, 1.165) is 31.8 Å². The van der Waals surface area contributed by atoms with Gasteiger partial charge in [0.05, 0.1) is 6.10 Å². The first-order valence-corrected chi connectivity index (χ1v) is 5.13. The molecule has 4 nitrogen and oxygen atoms in total. The lowest BCUT2D eigenvalue weighted by Crippen LogP contribution is -2.20. The summed E-state index contributed by atoms with van der Waals surface area (Å²) in [6.45, 7) is 3.63. The van der Waals surface area contributed by atoms with Crippen LogP contribution in [0.25, 0.3) is 0 Å². The van der Waals surface area contributed by atoms with Gasteiger partial charge in [-0.05, 0) is 19.8 Å². The maximum Gasteiger partial charge on any atom is 0.140 e. The Balaban J connectivity index is 2.12. The lowest BCUT2D eigenvalue weighted by atomic mass is 10.1. The fourth-order valence-electron chi connectivity index (χ4n) is 1.87. The Morgan fingerprint density at radius 2 is 2.64 bits per heavy atom. The minimum absolute atomic E-state index is 0.0669. The van der Waals surface area contributed by atoms with Crippen LogP contribution < -0.4 is 0 Å². The van der Waals surface area contributed by atoms with Gasteiger partial charge in [0.15, 0.2) is 0 Å². The van der Waals surface area contributed by atoms with Crippen LogP contribution in [0, 0.1) is 0 Å². The van der Waals surface area contributed by atoms with Crippen LogP contribution >= 0.6 is 0 Å². The summed E-state index contributed by atoms with van der Waals surface area (Å²) in [4.78, 5) is 4.16. The van der Waals surface area contributed by atoms with Crippen molar-refractivity contribution in [1.82, 2.24) is 9.55 Å². The number of aliphatic hydroxyl groups excluding tert-OH is 1. The van der Waals surface area contributed by atoms with Crippen LogP contribution in [0.4, 0.5) is 0 Å². The lowest BCUT2D eigenvalue weighted by molar-refractivity contribution is -0.00860. The summed E-state index contributed by atoms with van der Waals surface area (Å²) in [5, 5.41) is 10.0. The van der Waals surface area contributed by atoms with Crippen LogP contribution in [-0.2, 0) is 11.3 Å². The van der Waals surface area contributed by atoms with Gasteiger partial charge in [0, 0.05) is 25.5 Å². The average Bonchev–Trinajstić information content (AvgIpc) is 2.87. The van der Waals surface area contributed by atoms with E-state index in [2.05, 4.69) is 4.98 Å². The molecule has 1 fully saturated rings. The molecule has 0 radical (unpaired) electrons. The molecule has 0 aliphatic carbocycles. The standard InChI is InChI=1S/C10H16N2O2/c1-2-12-6-5-11-10(12)9(13)8-4-3-7-14-8/h5-6,8-9,13H,2-4,7H2,1H3. The minimum Gasteiger partial charge on any atom is -0.382 e. The number of ether oxygens (including phenoxy) is 1. The molecule has 2 heterocycles. The molecule has 78 valence electrons. The third kappa shape index (κ3) is 1.67. The highest BCUT2D eigenvalue weighted by molar-refractivity contribution is 4.99. The number of nitrogens with zero attached hydrogens (tertiary/aromatic N) is 2. The maximum atomic E-state index is 10.0. The zero-order valence-electron chi connectivity index (χ0n) is 8.39. The third-order valence-electron chi connectivity index (χ3n) is 2.67. The van der Waals surface area contributed by atoms with Crippen molar-refractivity contribution < 1.29 is 9.84 Å². The van der Waals surface area contributed by atoms with Gasteiger partial charge < -0.3 is 14.4 Å². The van der Waals surface area contributed by atoms with Crippen molar-refractivity contribution in [3.05, 3.63) is 18.2 Å². The molecule has 4 heteroatoms. The fourth-order valence-corrected chi connectivity index (χ4v) is 1.87. The molecule has 1 aliphatic heterocycles. The van der Waals surface area contributed by atoms with Gasteiger partial charge in [-0.15, -0.1) is 0 Å². The highest BCUT2D eigenvalue weighted by Gasteiger charge is 2.28. The van der Waals surface area contributed by atoms with E-state index in [9.17, 15) is 5.11 Å². The van der Waals surface area contributed by atoms with Crippen molar-refractivity contribution in [2.24, 2.45) is 0 Å². The minimum atomic E-state index is -0.576. The summed E-state index contributed by atoms with van der Waals surface area (Å²) >= 11 is 0. The van der Waals surface area contributed by atoms with E-state index < -0.39 is 6.10 Å². The first kappa shape index (κ1) is 9.68. The molecule has 2 rings (SSSR count). The molecule has 1 aromatic rings. The Morgan fingerprint density at radius 1 is 1.79 bits per heavy atom. The fraction of sp³-hybridized carbons (Fsp3) is 0.700. The lowest BCUT2D eigenvalue weighted by Gasteiger charge is -2.17. The normalized spacial score (nSPS) is 24.0. The summed E-state index contributed by atoms with van der Waals surface area (Å²) < 4.78 is 7.39. The van der Waals surface area contributed by atoms with Crippen LogP contribution in [0.3, 0.4) is 0 Å². The number of rotatable bonds is 3. The van der Waals surface area contributed by atoms with E-state index in [0.29, 0.717) is 0 Å². The molecule has 1 aromatic heterocycles. The first-order valence-electron chi connectivity index (χ1n) is 5.13. The van der Waals surface area contributed by atoms with Gasteiger partial charge in [-0.1, -0.05) is 0 Å². The Bertz CT molecular complexity index is 292. The second kappa shape index (κ2) is 4.11. The summed E-state index contributed by atoms with van der Waals surface area (Å²) in [7, 11) is 0. The van der Waals surface area contributed by atoms with Crippen LogP contribution in [0.1, 0.15) is 31.7 Å². The molecule has 0 saturated carbocycles. The van der Waals surface area contributed by atoms with Gasteiger partial charge in [0.25, 0.3) is 0 Å². The zero-order valence-corrected chi connectivity index (χ0v) is 8.39. The topological polar surface area (TPSA) is 47.3 Å². The van der Waals surface area contributed by atoms with E-state index in [1.165, 1.54) is 0 Å². The van der Waals surface area contributed by atoms with Gasteiger partial charge >= 0.3 is 0 Å². The van der Waals surface area contributed by atoms with E-state index in [-0.39, 0.29) is 6.10 Å². The highest BCUT2D eigenvalue weighted by atomic mass is 16.5. The molecule has 14 heavy (non-hydrogen) atoms. The van der Waals surface area contributed by atoms with E-state index in [4.69, 9.17) is 4.74 Å². The maximum absolute atomic E-state index is 10.0. The van der Waals surface area contributed by atoms with Gasteiger partial charge in [-0.2, -0.15) is 0 Å². The summed E-state index contributed by atoms with van der Waals surface area (Å²) in [6.07, 6.45) is 4.92. The van der Waals surface area contributed by atoms with Crippen molar-refractivity contribution in [2.45, 2.75) is 38.5 Å².